The molecular weight excluding hydrogens is 330 g/mol. The van der Waals surface area contributed by atoms with Gasteiger partial charge in [-0.05, 0) is 44.0 Å². The van der Waals surface area contributed by atoms with Gasteiger partial charge in [-0.2, -0.15) is 4.99 Å². The van der Waals surface area contributed by atoms with E-state index < -0.39 is 4.92 Å². The lowest BCUT2D eigenvalue weighted by molar-refractivity contribution is -0.384. The summed E-state index contributed by atoms with van der Waals surface area (Å²) in [6.07, 6.45) is 0.595. The van der Waals surface area contributed by atoms with Crippen LogP contribution >= 0.6 is 0 Å². The lowest BCUT2D eigenvalue weighted by Crippen LogP contribution is -2.43. The zero-order chi connectivity index (χ0) is 18.8. The minimum absolute atomic E-state index is 0.0433. The second kappa shape index (κ2) is 7.07. The molecule has 0 aromatic heterocycles. The minimum Gasteiger partial charge on any atom is -0.350 e. The number of fused-ring (bicyclic) bond motifs is 1. The van der Waals surface area contributed by atoms with E-state index in [0.717, 1.165) is 5.84 Å². The van der Waals surface area contributed by atoms with Gasteiger partial charge in [0.2, 0.25) is 0 Å². The summed E-state index contributed by atoms with van der Waals surface area (Å²) in [5, 5.41) is 10.8. The van der Waals surface area contributed by atoms with Gasteiger partial charge >= 0.3 is 0 Å². The molecule has 2 aromatic carbocycles. The van der Waals surface area contributed by atoms with Crippen LogP contribution in [0.3, 0.4) is 0 Å². The molecule has 0 N–H and O–H groups in total. The number of amidine groups is 1. The number of rotatable bonds is 3. The van der Waals surface area contributed by atoms with E-state index in [2.05, 4.69) is 42.8 Å². The number of benzene rings is 2. The molecule has 3 rings (SSSR count). The normalized spacial score (nSPS) is 18.1. The molecule has 26 heavy (non-hydrogen) atoms. The first-order valence-electron chi connectivity index (χ1n) is 8.61. The molecule has 134 valence electrons. The van der Waals surface area contributed by atoms with Crippen molar-refractivity contribution in [3.63, 3.8) is 0 Å². The third kappa shape index (κ3) is 3.35. The molecule has 1 amide bonds. The Morgan fingerprint density at radius 2 is 1.85 bits per heavy atom. The lowest BCUT2D eigenvalue weighted by atomic mass is 9.92. The molecule has 1 aliphatic heterocycles. The van der Waals surface area contributed by atoms with Gasteiger partial charge in [0, 0.05) is 30.2 Å². The van der Waals surface area contributed by atoms with E-state index in [-0.39, 0.29) is 23.7 Å². The van der Waals surface area contributed by atoms with E-state index in [1.54, 1.807) is 0 Å². The second-order valence-electron chi connectivity index (χ2n) is 6.69. The minimum atomic E-state index is -0.486. The number of non-ortho nitro benzene ring substituents is 1. The molecule has 6 heteroatoms. The summed E-state index contributed by atoms with van der Waals surface area (Å²) >= 11 is 0. The van der Waals surface area contributed by atoms with Crippen LogP contribution in [-0.4, -0.2) is 27.6 Å². The number of amides is 1. The van der Waals surface area contributed by atoms with Crippen LogP contribution in [0.2, 0.25) is 0 Å². The van der Waals surface area contributed by atoms with E-state index in [9.17, 15) is 14.9 Å². The van der Waals surface area contributed by atoms with Crippen LogP contribution in [0, 0.1) is 10.1 Å². The maximum absolute atomic E-state index is 12.6. The van der Waals surface area contributed by atoms with E-state index in [4.69, 9.17) is 0 Å². The predicted octanol–water partition coefficient (Wildman–Crippen LogP) is 4.16. The summed E-state index contributed by atoms with van der Waals surface area (Å²) in [7, 11) is 0. The van der Waals surface area contributed by atoms with Crippen molar-refractivity contribution in [2.75, 3.05) is 0 Å². The number of hydrogen-bond acceptors (Lipinski definition) is 3. The van der Waals surface area contributed by atoms with Crippen LogP contribution in [-0.2, 0) is 6.42 Å². The van der Waals surface area contributed by atoms with Gasteiger partial charge in [0.25, 0.3) is 11.6 Å². The van der Waals surface area contributed by atoms with Crippen molar-refractivity contribution in [3.05, 3.63) is 75.3 Å². The molecule has 6 nitrogen and oxygen atoms in total. The van der Waals surface area contributed by atoms with Gasteiger partial charge in [-0.25, -0.2) is 0 Å². The number of nitro benzene ring substituents is 1. The fourth-order valence-corrected chi connectivity index (χ4v) is 3.49. The van der Waals surface area contributed by atoms with Gasteiger partial charge in [0.05, 0.1) is 11.0 Å². The summed E-state index contributed by atoms with van der Waals surface area (Å²) < 4.78 is 0. The van der Waals surface area contributed by atoms with E-state index in [0.29, 0.717) is 12.0 Å². The quantitative estimate of drug-likeness (QED) is 0.614. The highest BCUT2D eigenvalue weighted by Gasteiger charge is 2.30. The van der Waals surface area contributed by atoms with Gasteiger partial charge in [0.1, 0.15) is 5.84 Å². The molecule has 0 fully saturated rings. The smallest absolute Gasteiger partial charge is 0.278 e. The Morgan fingerprint density at radius 1 is 1.19 bits per heavy atom. The average Bonchev–Trinajstić information content (AvgIpc) is 2.61. The molecule has 1 unspecified atom stereocenters. The fourth-order valence-electron chi connectivity index (χ4n) is 3.49. The average molecular weight is 351 g/mol. The number of nitrogens with zero attached hydrogens (tertiary/aromatic N) is 3. The highest BCUT2D eigenvalue weighted by atomic mass is 16.6. The summed E-state index contributed by atoms with van der Waals surface area (Å²) in [5.74, 6) is 0.349. The zero-order valence-corrected chi connectivity index (χ0v) is 15.0. The summed E-state index contributed by atoms with van der Waals surface area (Å²) in [5.41, 5.74) is 2.73. The maximum Gasteiger partial charge on any atom is 0.278 e. The molecule has 0 radical (unpaired) electrons. The Kier molecular flexibility index (Phi) is 4.84. The highest BCUT2D eigenvalue weighted by Crippen LogP contribution is 2.32. The summed E-state index contributed by atoms with van der Waals surface area (Å²) in [4.78, 5) is 29.4. The predicted molar refractivity (Wildman–Crippen MR) is 100 cm³/mol. The maximum atomic E-state index is 12.6. The first-order valence-corrected chi connectivity index (χ1v) is 8.61. The van der Waals surface area contributed by atoms with Crippen molar-refractivity contribution in [1.29, 1.82) is 0 Å². The Balaban J connectivity index is 1.95. The molecule has 0 aliphatic carbocycles. The Labute approximate surface area is 152 Å². The number of carbonyl (C=O) groups is 1. The zero-order valence-electron chi connectivity index (χ0n) is 15.0. The van der Waals surface area contributed by atoms with Crippen molar-refractivity contribution < 1.29 is 9.72 Å². The number of nitro groups is 1. The van der Waals surface area contributed by atoms with Crippen LogP contribution in [0.25, 0.3) is 0 Å². The molecule has 0 bridgehead atoms. The molecule has 0 saturated heterocycles. The summed E-state index contributed by atoms with van der Waals surface area (Å²) in [6.45, 7) is 6.27. The van der Waals surface area contributed by atoms with Gasteiger partial charge in [-0.3, -0.25) is 14.9 Å². The SMILES string of the molecule is CC(C)N1C(=NC(=O)c2ccc([N+](=O)[O-])cc2)Cc2ccccc2C1C. The monoisotopic (exact) mass is 351 g/mol. The first kappa shape index (κ1) is 17.8. The van der Waals surface area contributed by atoms with Crippen molar-refractivity contribution >= 4 is 17.4 Å². The van der Waals surface area contributed by atoms with E-state index in [1.165, 1.54) is 35.4 Å². The number of hydrogen-bond donors (Lipinski definition) is 0. The Hall–Kier alpha value is -3.02. The third-order valence-electron chi connectivity index (χ3n) is 4.68. The van der Waals surface area contributed by atoms with E-state index in [1.807, 2.05) is 12.1 Å². The van der Waals surface area contributed by atoms with Crippen LogP contribution < -0.4 is 0 Å². The number of carbonyl (C=O) groups excluding carboxylic acids is 1. The van der Waals surface area contributed by atoms with Crippen molar-refractivity contribution in [2.24, 2.45) is 4.99 Å². The van der Waals surface area contributed by atoms with Crippen LogP contribution in [0.5, 0.6) is 0 Å². The van der Waals surface area contributed by atoms with Gasteiger partial charge < -0.3 is 4.90 Å². The third-order valence-corrected chi connectivity index (χ3v) is 4.68. The van der Waals surface area contributed by atoms with Gasteiger partial charge in [0.15, 0.2) is 0 Å². The van der Waals surface area contributed by atoms with Crippen molar-refractivity contribution in [1.82, 2.24) is 4.90 Å². The van der Waals surface area contributed by atoms with Crippen LogP contribution in [0.15, 0.2) is 53.5 Å². The molecule has 1 atom stereocenters. The van der Waals surface area contributed by atoms with Gasteiger partial charge in [-0.15, -0.1) is 0 Å². The Morgan fingerprint density at radius 3 is 2.46 bits per heavy atom. The second-order valence-corrected chi connectivity index (χ2v) is 6.69. The topological polar surface area (TPSA) is 75.8 Å². The van der Waals surface area contributed by atoms with Crippen LogP contribution in [0.1, 0.15) is 48.3 Å². The highest BCUT2D eigenvalue weighted by molar-refractivity contribution is 6.04. The largest absolute Gasteiger partial charge is 0.350 e. The molecule has 1 aliphatic rings. The first-order chi connectivity index (χ1) is 12.4. The molecular formula is C20H21N3O3. The van der Waals surface area contributed by atoms with Crippen LogP contribution in [0.4, 0.5) is 5.69 Å². The summed E-state index contributed by atoms with van der Waals surface area (Å²) in [6, 6.07) is 14.1. The van der Waals surface area contributed by atoms with E-state index >= 15 is 0 Å². The lowest BCUT2D eigenvalue weighted by Gasteiger charge is -2.40. The fraction of sp³-hybridized carbons (Fsp3) is 0.300. The molecule has 0 spiro atoms. The Bertz CT molecular complexity index is 872. The molecule has 1 heterocycles. The van der Waals surface area contributed by atoms with Gasteiger partial charge in [-0.1, -0.05) is 24.3 Å². The number of aliphatic imine (C=N–C) groups is 1. The van der Waals surface area contributed by atoms with Crippen molar-refractivity contribution in [3.8, 4) is 0 Å². The van der Waals surface area contributed by atoms with Crippen molar-refractivity contribution in [2.45, 2.75) is 39.3 Å². The molecule has 0 saturated carbocycles. The standard InChI is InChI=1S/C20H21N3O3/c1-13(2)22-14(3)18-7-5-4-6-16(18)12-19(22)21-20(24)15-8-10-17(11-9-15)23(25)26/h4-11,13-14H,12H2,1-3H3. The molecule has 2 aromatic rings.